The molecule has 2 nitrogen and oxygen atoms in total. The fraction of sp³-hybridized carbons (Fsp3) is 1.00. The molecule has 0 amide bonds. The standard InChI is InChI=1S/C15H31NO/c1-4-10-16-15-7-5-6-14(15)9-12-17-11-8-13(2)3/h13-16H,4-12H2,1-3H3. The van der Waals surface area contributed by atoms with Crippen LogP contribution >= 0.6 is 0 Å². The van der Waals surface area contributed by atoms with Crippen LogP contribution < -0.4 is 5.32 Å². The minimum absolute atomic E-state index is 0.764. The predicted octanol–water partition coefficient (Wildman–Crippen LogP) is 3.61. The van der Waals surface area contributed by atoms with E-state index in [0.29, 0.717) is 0 Å². The number of nitrogens with one attached hydrogen (secondary N) is 1. The van der Waals surface area contributed by atoms with Gasteiger partial charge in [0.15, 0.2) is 0 Å². The molecule has 0 radical (unpaired) electrons. The highest BCUT2D eigenvalue weighted by Gasteiger charge is 2.25. The molecule has 102 valence electrons. The Morgan fingerprint density at radius 2 is 2.06 bits per heavy atom. The van der Waals surface area contributed by atoms with E-state index in [1.165, 1.54) is 45.1 Å². The van der Waals surface area contributed by atoms with Crippen molar-refractivity contribution in [3.05, 3.63) is 0 Å². The molecule has 0 aromatic rings. The lowest BCUT2D eigenvalue weighted by atomic mass is 10.00. The lowest BCUT2D eigenvalue weighted by Crippen LogP contribution is -2.33. The molecule has 0 aromatic heterocycles. The lowest BCUT2D eigenvalue weighted by molar-refractivity contribution is 0.108. The molecule has 1 saturated carbocycles. The Morgan fingerprint density at radius 1 is 1.24 bits per heavy atom. The highest BCUT2D eigenvalue weighted by Crippen LogP contribution is 2.28. The summed E-state index contributed by atoms with van der Waals surface area (Å²) in [6.45, 7) is 9.83. The maximum atomic E-state index is 5.73. The molecule has 0 aromatic carbocycles. The molecular weight excluding hydrogens is 210 g/mol. The summed E-state index contributed by atoms with van der Waals surface area (Å²) < 4.78 is 5.73. The van der Waals surface area contributed by atoms with E-state index in [1.807, 2.05) is 0 Å². The predicted molar refractivity (Wildman–Crippen MR) is 74.3 cm³/mol. The topological polar surface area (TPSA) is 21.3 Å². The van der Waals surface area contributed by atoms with Gasteiger partial charge in [0.2, 0.25) is 0 Å². The minimum atomic E-state index is 0.764. The molecular formula is C15H31NO. The molecule has 17 heavy (non-hydrogen) atoms. The quantitative estimate of drug-likeness (QED) is 0.623. The maximum Gasteiger partial charge on any atom is 0.0469 e. The first-order valence-corrected chi connectivity index (χ1v) is 7.55. The number of rotatable bonds is 9. The van der Waals surface area contributed by atoms with Gasteiger partial charge in [0.25, 0.3) is 0 Å². The fourth-order valence-corrected chi connectivity index (χ4v) is 2.64. The van der Waals surface area contributed by atoms with Gasteiger partial charge in [0.05, 0.1) is 0 Å². The monoisotopic (exact) mass is 241 g/mol. The van der Waals surface area contributed by atoms with Gasteiger partial charge in [0.1, 0.15) is 0 Å². The molecule has 0 saturated heterocycles. The van der Waals surface area contributed by atoms with Gasteiger partial charge in [-0.1, -0.05) is 27.2 Å². The normalized spacial score (nSPS) is 24.7. The molecule has 0 aliphatic heterocycles. The summed E-state index contributed by atoms with van der Waals surface area (Å²) in [7, 11) is 0. The van der Waals surface area contributed by atoms with Crippen molar-refractivity contribution in [2.45, 2.75) is 65.3 Å². The molecule has 0 bridgehead atoms. The van der Waals surface area contributed by atoms with Crippen molar-refractivity contribution in [2.75, 3.05) is 19.8 Å². The van der Waals surface area contributed by atoms with E-state index in [-0.39, 0.29) is 0 Å². The second-order valence-corrected chi connectivity index (χ2v) is 5.84. The SMILES string of the molecule is CCCNC1CCCC1CCOCCC(C)C. The van der Waals surface area contributed by atoms with E-state index in [9.17, 15) is 0 Å². The van der Waals surface area contributed by atoms with Gasteiger partial charge in [-0.05, 0) is 50.5 Å². The van der Waals surface area contributed by atoms with Crippen LogP contribution in [0.4, 0.5) is 0 Å². The molecule has 1 N–H and O–H groups in total. The molecule has 2 unspecified atom stereocenters. The van der Waals surface area contributed by atoms with Crippen LogP contribution in [-0.4, -0.2) is 25.8 Å². The van der Waals surface area contributed by atoms with E-state index in [0.717, 1.165) is 31.1 Å². The van der Waals surface area contributed by atoms with Gasteiger partial charge in [0, 0.05) is 19.3 Å². The number of ether oxygens (including phenoxy) is 1. The van der Waals surface area contributed by atoms with Gasteiger partial charge in [-0.25, -0.2) is 0 Å². The van der Waals surface area contributed by atoms with Crippen molar-refractivity contribution >= 4 is 0 Å². The zero-order valence-corrected chi connectivity index (χ0v) is 12.0. The average Bonchev–Trinajstić information content (AvgIpc) is 2.73. The molecule has 0 spiro atoms. The Morgan fingerprint density at radius 3 is 2.76 bits per heavy atom. The number of hydrogen-bond donors (Lipinski definition) is 1. The lowest BCUT2D eigenvalue weighted by Gasteiger charge is -2.20. The summed E-state index contributed by atoms with van der Waals surface area (Å²) in [6.07, 6.45) is 7.86. The van der Waals surface area contributed by atoms with Gasteiger partial charge in [-0.2, -0.15) is 0 Å². The zero-order chi connectivity index (χ0) is 12.5. The Hall–Kier alpha value is -0.0800. The molecule has 2 atom stereocenters. The summed E-state index contributed by atoms with van der Waals surface area (Å²) >= 11 is 0. The largest absolute Gasteiger partial charge is 0.381 e. The third-order valence-corrected chi connectivity index (χ3v) is 3.79. The zero-order valence-electron chi connectivity index (χ0n) is 12.0. The highest BCUT2D eigenvalue weighted by atomic mass is 16.5. The van der Waals surface area contributed by atoms with Gasteiger partial charge < -0.3 is 10.1 Å². The number of hydrogen-bond acceptors (Lipinski definition) is 2. The Balaban J connectivity index is 2.04. The van der Waals surface area contributed by atoms with E-state index in [4.69, 9.17) is 4.74 Å². The van der Waals surface area contributed by atoms with Crippen LogP contribution in [0.1, 0.15) is 59.3 Å². The smallest absolute Gasteiger partial charge is 0.0469 e. The van der Waals surface area contributed by atoms with Crippen LogP contribution in [0.25, 0.3) is 0 Å². The van der Waals surface area contributed by atoms with Crippen molar-refractivity contribution in [2.24, 2.45) is 11.8 Å². The first-order valence-electron chi connectivity index (χ1n) is 7.55. The van der Waals surface area contributed by atoms with E-state index >= 15 is 0 Å². The maximum absolute atomic E-state index is 5.73. The van der Waals surface area contributed by atoms with Crippen molar-refractivity contribution < 1.29 is 4.74 Å². The van der Waals surface area contributed by atoms with Gasteiger partial charge in [-0.15, -0.1) is 0 Å². The summed E-state index contributed by atoms with van der Waals surface area (Å²) in [5.41, 5.74) is 0. The first-order chi connectivity index (χ1) is 8.24. The van der Waals surface area contributed by atoms with Gasteiger partial charge in [-0.3, -0.25) is 0 Å². The molecule has 1 aliphatic rings. The van der Waals surface area contributed by atoms with Crippen molar-refractivity contribution in [3.63, 3.8) is 0 Å². The Kier molecular flexibility index (Phi) is 7.87. The molecule has 1 aliphatic carbocycles. The summed E-state index contributed by atoms with van der Waals surface area (Å²) in [4.78, 5) is 0. The second kappa shape index (κ2) is 8.93. The van der Waals surface area contributed by atoms with Crippen molar-refractivity contribution in [3.8, 4) is 0 Å². The van der Waals surface area contributed by atoms with Gasteiger partial charge >= 0.3 is 0 Å². The van der Waals surface area contributed by atoms with Crippen LogP contribution in [0.3, 0.4) is 0 Å². The third-order valence-electron chi connectivity index (χ3n) is 3.79. The highest BCUT2D eigenvalue weighted by molar-refractivity contribution is 4.82. The Bertz CT molecular complexity index is 182. The molecule has 0 heterocycles. The first kappa shape index (κ1) is 15.0. The van der Waals surface area contributed by atoms with Crippen LogP contribution in [-0.2, 0) is 4.74 Å². The van der Waals surface area contributed by atoms with Crippen LogP contribution in [0.15, 0.2) is 0 Å². The minimum Gasteiger partial charge on any atom is -0.381 e. The Labute approximate surface area is 108 Å². The summed E-state index contributed by atoms with van der Waals surface area (Å²) in [5, 5.41) is 3.68. The summed E-state index contributed by atoms with van der Waals surface area (Å²) in [5.74, 6) is 1.63. The molecule has 1 fully saturated rings. The van der Waals surface area contributed by atoms with Crippen molar-refractivity contribution in [1.82, 2.24) is 5.32 Å². The van der Waals surface area contributed by atoms with Crippen LogP contribution in [0, 0.1) is 11.8 Å². The van der Waals surface area contributed by atoms with E-state index < -0.39 is 0 Å². The van der Waals surface area contributed by atoms with Crippen LogP contribution in [0.5, 0.6) is 0 Å². The third kappa shape index (κ3) is 6.42. The molecule has 1 rings (SSSR count). The molecule has 2 heteroatoms. The van der Waals surface area contributed by atoms with E-state index in [1.54, 1.807) is 0 Å². The van der Waals surface area contributed by atoms with Crippen LogP contribution in [0.2, 0.25) is 0 Å². The summed E-state index contributed by atoms with van der Waals surface area (Å²) in [6, 6.07) is 0.767. The second-order valence-electron chi connectivity index (χ2n) is 5.84. The van der Waals surface area contributed by atoms with Crippen molar-refractivity contribution in [1.29, 1.82) is 0 Å². The average molecular weight is 241 g/mol. The fourth-order valence-electron chi connectivity index (χ4n) is 2.64. The van der Waals surface area contributed by atoms with E-state index in [2.05, 4.69) is 26.1 Å².